The second-order valence-corrected chi connectivity index (χ2v) is 9.98. The van der Waals surface area contributed by atoms with Crippen LogP contribution in [0.1, 0.15) is 50.8 Å². The second kappa shape index (κ2) is 8.38. The average molecular weight is 470 g/mol. The van der Waals surface area contributed by atoms with Crippen LogP contribution in [0.4, 0.5) is 5.82 Å². The number of pyridine rings is 1. The molecule has 1 aliphatic heterocycles. The van der Waals surface area contributed by atoms with Gasteiger partial charge >= 0.3 is 0 Å². The second-order valence-electron chi connectivity index (χ2n) is 9.19. The number of aromatic nitrogens is 1. The molecule has 0 saturated carbocycles. The maximum Gasteiger partial charge on any atom is 0.255 e. The smallest absolute Gasteiger partial charge is 0.255 e. The van der Waals surface area contributed by atoms with Crippen molar-refractivity contribution in [2.45, 2.75) is 46.5 Å². The summed E-state index contributed by atoms with van der Waals surface area (Å²) >= 11 is 12.9. The summed E-state index contributed by atoms with van der Waals surface area (Å²) in [7, 11) is 0. The molecule has 1 aliphatic carbocycles. The Balaban J connectivity index is 1.85. The van der Waals surface area contributed by atoms with E-state index in [4.69, 9.17) is 23.2 Å². The van der Waals surface area contributed by atoms with Crippen LogP contribution in [0.3, 0.4) is 0 Å². The number of rotatable bonds is 3. The number of dihydropyridines is 1. The molecular formula is C25H25Cl2N3O2. The molecular weight excluding hydrogens is 445 g/mol. The summed E-state index contributed by atoms with van der Waals surface area (Å²) in [6, 6.07) is 10.7. The van der Waals surface area contributed by atoms with Crippen LogP contribution in [-0.2, 0) is 9.59 Å². The molecule has 0 spiro atoms. The number of allylic oxidation sites excluding steroid dienone is 3. The predicted octanol–water partition coefficient (Wildman–Crippen LogP) is 5.94. The van der Waals surface area contributed by atoms with Crippen molar-refractivity contribution in [3.05, 3.63) is 80.2 Å². The lowest BCUT2D eigenvalue weighted by atomic mass is 9.68. The third kappa shape index (κ3) is 4.19. The Kier molecular flexibility index (Phi) is 5.91. The molecule has 1 amide bonds. The predicted molar refractivity (Wildman–Crippen MR) is 128 cm³/mol. The van der Waals surface area contributed by atoms with Crippen molar-refractivity contribution in [2.24, 2.45) is 5.41 Å². The van der Waals surface area contributed by atoms with Crippen molar-refractivity contribution in [2.75, 3.05) is 5.32 Å². The zero-order valence-corrected chi connectivity index (χ0v) is 20.0. The highest BCUT2D eigenvalue weighted by Gasteiger charge is 2.43. The van der Waals surface area contributed by atoms with Crippen molar-refractivity contribution in [1.82, 2.24) is 10.3 Å². The Labute approximate surface area is 197 Å². The zero-order chi connectivity index (χ0) is 23.2. The van der Waals surface area contributed by atoms with Crippen LogP contribution in [0.15, 0.2) is 58.9 Å². The van der Waals surface area contributed by atoms with Crippen LogP contribution in [-0.4, -0.2) is 16.7 Å². The Morgan fingerprint density at radius 2 is 1.84 bits per heavy atom. The largest absolute Gasteiger partial charge is 0.362 e. The van der Waals surface area contributed by atoms with Crippen molar-refractivity contribution < 1.29 is 9.59 Å². The van der Waals surface area contributed by atoms with Crippen LogP contribution in [0.25, 0.3) is 0 Å². The zero-order valence-electron chi connectivity index (χ0n) is 18.5. The van der Waals surface area contributed by atoms with Gasteiger partial charge in [0.25, 0.3) is 5.91 Å². The van der Waals surface area contributed by atoms with Crippen LogP contribution in [0, 0.1) is 12.3 Å². The highest BCUT2D eigenvalue weighted by molar-refractivity contribution is 6.42. The maximum absolute atomic E-state index is 13.5. The topological polar surface area (TPSA) is 71.1 Å². The van der Waals surface area contributed by atoms with Crippen LogP contribution >= 0.6 is 23.2 Å². The first-order valence-electron chi connectivity index (χ1n) is 10.5. The fourth-order valence-electron chi connectivity index (χ4n) is 4.59. The summed E-state index contributed by atoms with van der Waals surface area (Å²) in [6.07, 6.45) is 1.10. The molecule has 1 aromatic heterocycles. The Hall–Kier alpha value is -2.63. The van der Waals surface area contributed by atoms with Gasteiger partial charge in [0.15, 0.2) is 5.78 Å². The monoisotopic (exact) mass is 469 g/mol. The van der Waals surface area contributed by atoms with E-state index < -0.39 is 5.92 Å². The quantitative estimate of drug-likeness (QED) is 0.583. The lowest BCUT2D eigenvalue weighted by Crippen LogP contribution is -2.39. The number of halogens is 2. The number of anilines is 1. The number of nitrogens with zero attached hydrogens (tertiary/aromatic N) is 1. The molecule has 2 N–H and O–H groups in total. The third-order valence-corrected chi connectivity index (χ3v) is 6.74. The normalized spacial score (nSPS) is 20.1. The van der Waals surface area contributed by atoms with Gasteiger partial charge < -0.3 is 10.6 Å². The highest BCUT2D eigenvalue weighted by atomic mass is 35.5. The number of aryl methyl sites for hydroxylation is 1. The first-order valence-corrected chi connectivity index (χ1v) is 11.3. The number of hydrogen-bond acceptors (Lipinski definition) is 4. The lowest BCUT2D eigenvalue weighted by molar-refractivity contribution is -0.118. The molecule has 5 nitrogen and oxygen atoms in total. The summed E-state index contributed by atoms with van der Waals surface area (Å²) in [5, 5.41) is 6.96. The van der Waals surface area contributed by atoms with E-state index in [1.165, 1.54) is 0 Å². The third-order valence-electron chi connectivity index (χ3n) is 5.91. The summed E-state index contributed by atoms with van der Waals surface area (Å²) < 4.78 is 0. The number of nitrogens with one attached hydrogen (secondary N) is 2. The number of carbonyl (C=O) groups is 2. The van der Waals surface area contributed by atoms with E-state index in [1.807, 2.05) is 32.0 Å². The molecule has 1 atom stereocenters. The summed E-state index contributed by atoms with van der Waals surface area (Å²) in [6.45, 7) is 7.85. The van der Waals surface area contributed by atoms with E-state index in [0.29, 0.717) is 51.1 Å². The number of ketones is 1. The molecule has 32 heavy (non-hydrogen) atoms. The number of amides is 1. The van der Waals surface area contributed by atoms with E-state index in [-0.39, 0.29) is 17.1 Å². The van der Waals surface area contributed by atoms with Crippen molar-refractivity contribution in [3.8, 4) is 0 Å². The fourth-order valence-corrected chi connectivity index (χ4v) is 5.00. The SMILES string of the molecule is CC1=C(C(=O)Nc2cccc(C)n2)[C@@H](c2cccc(Cl)c2Cl)C2=C(CC(C)(C)CC2=O)N1. The number of Topliss-reactive ketones (excluding diaryl/α,β-unsaturated/α-hetero) is 1. The molecule has 166 valence electrons. The minimum atomic E-state index is -0.620. The van der Waals surface area contributed by atoms with Gasteiger partial charge in [-0.05, 0) is 49.4 Å². The van der Waals surface area contributed by atoms with E-state index in [9.17, 15) is 9.59 Å². The molecule has 0 bridgehead atoms. The van der Waals surface area contributed by atoms with Crippen molar-refractivity contribution in [1.29, 1.82) is 0 Å². The number of carbonyl (C=O) groups excluding carboxylic acids is 2. The Morgan fingerprint density at radius 1 is 1.12 bits per heavy atom. The molecule has 2 aliphatic rings. The van der Waals surface area contributed by atoms with E-state index in [0.717, 1.165) is 11.4 Å². The first kappa shape index (κ1) is 22.6. The lowest BCUT2D eigenvalue weighted by Gasteiger charge is -2.39. The summed E-state index contributed by atoms with van der Waals surface area (Å²) in [5.41, 5.74) is 3.81. The molecule has 0 fully saturated rings. The molecule has 0 saturated heterocycles. The molecule has 2 heterocycles. The van der Waals surface area contributed by atoms with Gasteiger partial charge in [-0.1, -0.05) is 55.2 Å². The van der Waals surface area contributed by atoms with Crippen molar-refractivity contribution in [3.63, 3.8) is 0 Å². The van der Waals surface area contributed by atoms with Crippen LogP contribution in [0.2, 0.25) is 10.0 Å². The van der Waals surface area contributed by atoms with E-state index in [2.05, 4.69) is 29.5 Å². The van der Waals surface area contributed by atoms with E-state index >= 15 is 0 Å². The van der Waals surface area contributed by atoms with Gasteiger partial charge in [-0.2, -0.15) is 0 Å². The molecule has 1 aromatic carbocycles. The molecule has 2 aromatic rings. The van der Waals surface area contributed by atoms with Gasteiger partial charge in [0.2, 0.25) is 0 Å². The molecule has 7 heteroatoms. The first-order chi connectivity index (χ1) is 15.1. The minimum Gasteiger partial charge on any atom is -0.362 e. The van der Waals surface area contributed by atoms with Gasteiger partial charge in [0.05, 0.1) is 10.0 Å². The minimum absolute atomic E-state index is 0.0104. The highest BCUT2D eigenvalue weighted by Crippen LogP contribution is 2.48. The van der Waals surface area contributed by atoms with Crippen LogP contribution in [0.5, 0.6) is 0 Å². The fraction of sp³-hybridized carbons (Fsp3) is 0.320. The maximum atomic E-state index is 13.5. The van der Waals surface area contributed by atoms with Crippen molar-refractivity contribution >= 4 is 40.7 Å². The van der Waals surface area contributed by atoms with Gasteiger partial charge in [-0.15, -0.1) is 0 Å². The molecule has 0 radical (unpaired) electrons. The van der Waals surface area contributed by atoms with E-state index in [1.54, 1.807) is 18.2 Å². The van der Waals surface area contributed by atoms with Gasteiger partial charge in [-0.25, -0.2) is 4.98 Å². The summed E-state index contributed by atoms with van der Waals surface area (Å²) in [4.78, 5) is 31.3. The van der Waals surface area contributed by atoms with Gasteiger partial charge in [0.1, 0.15) is 5.82 Å². The number of benzene rings is 1. The average Bonchev–Trinajstić information content (AvgIpc) is 2.68. The number of hydrogen-bond donors (Lipinski definition) is 2. The van der Waals surface area contributed by atoms with Crippen LogP contribution < -0.4 is 10.6 Å². The molecule has 4 rings (SSSR count). The van der Waals surface area contributed by atoms with Gasteiger partial charge in [0, 0.05) is 40.6 Å². The van der Waals surface area contributed by atoms with Gasteiger partial charge in [-0.3, -0.25) is 9.59 Å². The summed E-state index contributed by atoms with van der Waals surface area (Å²) in [5.74, 6) is -0.498. The molecule has 0 unspecified atom stereocenters. The Bertz CT molecular complexity index is 1200. The Morgan fingerprint density at radius 3 is 2.56 bits per heavy atom. The standard InChI is InChI=1S/C25H25Cl2N3O2/c1-13-7-5-10-19(28-13)30-24(32)20-14(2)29-17-11-25(3,4)12-18(31)22(17)21(20)15-8-6-9-16(26)23(15)27/h5-10,21,29H,11-12H2,1-4H3,(H,28,30,32)/t21-/m1/s1.